The van der Waals surface area contributed by atoms with Gasteiger partial charge >= 0.3 is 0 Å². The molecule has 4 heterocycles. The van der Waals surface area contributed by atoms with E-state index in [0.29, 0.717) is 18.5 Å². The van der Waals surface area contributed by atoms with Crippen LogP contribution >= 0.6 is 0 Å². The largest absolute Gasteiger partial charge is 0.368 e. The van der Waals surface area contributed by atoms with Crippen molar-refractivity contribution in [2.45, 2.75) is 11.8 Å². The number of amides is 1. The number of carbonyl (C=O) groups excluding carboxylic acids is 1. The SMILES string of the molecule is Cc1cnccc1N1CCN(C(=O)C2CN(S(=O)(=O)c3cccc4cnccc34)C2)CC1. The minimum Gasteiger partial charge on any atom is -0.368 e. The molecule has 0 bridgehead atoms. The molecule has 8 nitrogen and oxygen atoms in total. The number of nitrogens with zero attached hydrogens (tertiary/aromatic N) is 5. The summed E-state index contributed by atoms with van der Waals surface area (Å²) in [5, 5.41) is 1.43. The summed E-state index contributed by atoms with van der Waals surface area (Å²) >= 11 is 0. The maximum absolute atomic E-state index is 13.2. The number of aryl methyl sites for hydroxylation is 1. The van der Waals surface area contributed by atoms with Gasteiger partial charge in [0.2, 0.25) is 15.9 Å². The van der Waals surface area contributed by atoms with Crippen molar-refractivity contribution in [3.8, 4) is 0 Å². The van der Waals surface area contributed by atoms with Crippen LogP contribution in [0.1, 0.15) is 5.56 Å². The van der Waals surface area contributed by atoms with E-state index >= 15 is 0 Å². The topological polar surface area (TPSA) is 86.7 Å². The standard InChI is InChI=1S/C23H25N5O3S/c1-17-13-24-8-6-21(17)26-9-11-27(12-10-26)23(29)19-15-28(16-19)32(30,31)22-4-2-3-18-14-25-7-5-20(18)22/h2-8,13-14,19H,9-12,15-16H2,1H3. The molecule has 32 heavy (non-hydrogen) atoms. The third kappa shape index (κ3) is 3.61. The van der Waals surface area contributed by atoms with Gasteiger partial charge in [-0.25, -0.2) is 8.42 Å². The molecule has 2 aromatic heterocycles. The Kier molecular flexibility index (Phi) is 5.30. The molecule has 166 valence electrons. The maximum atomic E-state index is 13.2. The van der Waals surface area contributed by atoms with Crippen LogP contribution < -0.4 is 4.90 Å². The highest BCUT2D eigenvalue weighted by Crippen LogP contribution is 2.31. The van der Waals surface area contributed by atoms with Crippen LogP contribution in [0.2, 0.25) is 0 Å². The van der Waals surface area contributed by atoms with Gasteiger partial charge in [-0.05, 0) is 30.7 Å². The molecule has 1 aromatic carbocycles. The predicted molar refractivity (Wildman–Crippen MR) is 122 cm³/mol. The zero-order valence-electron chi connectivity index (χ0n) is 17.9. The monoisotopic (exact) mass is 451 g/mol. The number of aromatic nitrogens is 2. The molecule has 0 spiro atoms. The van der Waals surface area contributed by atoms with Crippen molar-refractivity contribution >= 4 is 32.4 Å². The maximum Gasteiger partial charge on any atom is 0.243 e. The lowest BCUT2D eigenvalue weighted by Crippen LogP contribution is -2.59. The third-order valence-corrected chi connectivity index (χ3v) is 8.27. The van der Waals surface area contributed by atoms with Gasteiger partial charge in [0.25, 0.3) is 0 Å². The highest BCUT2D eigenvalue weighted by atomic mass is 32.2. The number of pyridine rings is 2. The zero-order chi connectivity index (χ0) is 22.3. The van der Waals surface area contributed by atoms with E-state index in [0.717, 1.165) is 29.7 Å². The van der Waals surface area contributed by atoms with Crippen LogP contribution in [0.15, 0.2) is 60.0 Å². The smallest absolute Gasteiger partial charge is 0.243 e. The molecule has 2 fully saturated rings. The van der Waals surface area contributed by atoms with Crippen LogP contribution in [-0.2, 0) is 14.8 Å². The molecule has 2 saturated heterocycles. The summed E-state index contributed by atoms with van der Waals surface area (Å²) in [5.41, 5.74) is 2.27. The molecule has 3 aromatic rings. The summed E-state index contributed by atoms with van der Waals surface area (Å²) in [5.74, 6) is -0.236. The lowest BCUT2D eigenvalue weighted by molar-refractivity contribution is -0.139. The second-order valence-electron chi connectivity index (χ2n) is 8.35. The molecule has 0 saturated carbocycles. The Balaban J connectivity index is 1.22. The number of fused-ring (bicyclic) bond motifs is 1. The second-order valence-corrected chi connectivity index (χ2v) is 10.3. The van der Waals surface area contributed by atoms with E-state index in [1.54, 1.807) is 36.8 Å². The number of piperazine rings is 1. The Hall–Kier alpha value is -3.04. The first-order chi connectivity index (χ1) is 15.4. The van der Waals surface area contributed by atoms with Gasteiger partial charge in [-0.2, -0.15) is 4.31 Å². The van der Waals surface area contributed by atoms with E-state index in [4.69, 9.17) is 0 Å². The van der Waals surface area contributed by atoms with E-state index in [2.05, 4.69) is 14.9 Å². The molecule has 9 heteroatoms. The fourth-order valence-corrected chi connectivity index (χ4v) is 6.24. The summed E-state index contributed by atoms with van der Waals surface area (Å²) in [7, 11) is -3.65. The number of rotatable bonds is 4. The van der Waals surface area contributed by atoms with E-state index in [9.17, 15) is 13.2 Å². The summed E-state index contributed by atoms with van der Waals surface area (Å²) in [4.78, 5) is 25.6. The first kappa shape index (κ1) is 20.8. The Bertz CT molecular complexity index is 1260. The lowest BCUT2D eigenvalue weighted by atomic mass is 10.0. The van der Waals surface area contributed by atoms with Gasteiger partial charge in [-0.15, -0.1) is 0 Å². The van der Waals surface area contributed by atoms with Gasteiger partial charge in [0.05, 0.1) is 10.8 Å². The van der Waals surface area contributed by atoms with Crippen molar-refractivity contribution in [2.24, 2.45) is 5.92 Å². The summed E-state index contributed by atoms with van der Waals surface area (Å²) < 4.78 is 27.8. The minimum absolute atomic E-state index is 0.0460. The summed E-state index contributed by atoms with van der Waals surface area (Å²) in [6.07, 6.45) is 6.89. The number of hydrogen-bond acceptors (Lipinski definition) is 6. The Morgan fingerprint density at radius 2 is 1.69 bits per heavy atom. The van der Waals surface area contributed by atoms with E-state index < -0.39 is 10.0 Å². The number of anilines is 1. The second kappa shape index (κ2) is 8.14. The summed E-state index contributed by atoms with van der Waals surface area (Å²) in [6, 6.07) is 8.91. The molecule has 2 aliphatic heterocycles. The van der Waals surface area contributed by atoms with Crippen LogP contribution in [-0.4, -0.2) is 72.8 Å². The van der Waals surface area contributed by atoms with Crippen LogP contribution in [0.4, 0.5) is 5.69 Å². The fraction of sp³-hybridized carbons (Fsp3) is 0.348. The van der Waals surface area contributed by atoms with Crippen LogP contribution in [0.25, 0.3) is 10.8 Å². The molecule has 2 aliphatic rings. The normalized spacial score (nSPS) is 18.0. The molecular formula is C23H25N5O3S. The Labute approximate surface area is 187 Å². The van der Waals surface area contributed by atoms with Crippen LogP contribution in [0, 0.1) is 12.8 Å². The molecule has 0 N–H and O–H groups in total. The molecule has 0 atom stereocenters. The van der Waals surface area contributed by atoms with E-state index in [-0.39, 0.29) is 29.8 Å². The van der Waals surface area contributed by atoms with Gasteiger partial charge in [0, 0.05) is 80.5 Å². The van der Waals surface area contributed by atoms with Gasteiger partial charge < -0.3 is 9.80 Å². The van der Waals surface area contributed by atoms with Crippen LogP contribution in [0.5, 0.6) is 0 Å². The Morgan fingerprint density at radius 3 is 2.44 bits per heavy atom. The van der Waals surface area contributed by atoms with Gasteiger partial charge in [0.15, 0.2) is 0 Å². The lowest BCUT2D eigenvalue weighted by Gasteiger charge is -2.42. The number of sulfonamides is 1. The molecule has 1 amide bonds. The first-order valence-electron chi connectivity index (χ1n) is 10.7. The third-order valence-electron chi connectivity index (χ3n) is 6.38. The Morgan fingerprint density at radius 1 is 0.969 bits per heavy atom. The number of hydrogen-bond donors (Lipinski definition) is 0. The minimum atomic E-state index is -3.65. The molecule has 5 rings (SSSR count). The molecule has 0 unspecified atom stereocenters. The predicted octanol–water partition coefficient (Wildman–Crippen LogP) is 1.91. The molecule has 0 aliphatic carbocycles. The first-order valence-corrected chi connectivity index (χ1v) is 12.2. The van der Waals surface area contributed by atoms with E-state index in [1.807, 2.05) is 30.2 Å². The van der Waals surface area contributed by atoms with Crippen molar-refractivity contribution in [3.05, 3.63) is 60.7 Å². The van der Waals surface area contributed by atoms with Crippen molar-refractivity contribution in [1.29, 1.82) is 0 Å². The molecule has 0 radical (unpaired) electrons. The molecular weight excluding hydrogens is 426 g/mol. The van der Waals surface area contributed by atoms with Crippen LogP contribution in [0.3, 0.4) is 0 Å². The average Bonchev–Trinajstić information content (AvgIpc) is 2.78. The highest BCUT2D eigenvalue weighted by Gasteiger charge is 2.42. The van der Waals surface area contributed by atoms with Crippen molar-refractivity contribution < 1.29 is 13.2 Å². The van der Waals surface area contributed by atoms with Gasteiger partial charge in [-0.3, -0.25) is 14.8 Å². The van der Waals surface area contributed by atoms with Crippen molar-refractivity contribution in [2.75, 3.05) is 44.2 Å². The van der Waals surface area contributed by atoms with Gasteiger partial charge in [-0.1, -0.05) is 12.1 Å². The van der Waals surface area contributed by atoms with Crippen molar-refractivity contribution in [3.63, 3.8) is 0 Å². The van der Waals surface area contributed by atoms with Gasteiger partial charge in [0.1, 0.15) is 0 Å². The number of carbonyl (C=O) groups is 1. The summed E-state index contributed by atoms with van der Waals surface area (Å²) in [6.45, 7) is 5.29. The average molecular weight is 452 g/mol. The highest BCUT2D eigenvalue weighted by molar-refractivity contribution is 7.89. The number of benzene rings is 1. The fourth-order valence-electron chi connectivity index (χ4n) is 4.49. The van der Waals surface area contributed by atoms with Crippen molar-refractivity contribution in [1.82, 2.24) is 19.2 Å². The quantitative estimate of drug-likeness (QED) is 0.602. The zero-order valence-corrected chi connectivity index (χ0v) is 18.7. The van der Waals surface area contributed by atoms with E-state index in [1.165, 1.54) is 4.31 Å².